The van der Waals surface area contributed by atoms with Gasteiger partial charge in [0, 0.05) is 18.7 Å². The van der Waals surface area contributed by atoms with Gasteiger partial charge < -0.3 is 20.1 Å². The molecule has 0 radical (unpaired) electrons. The Balaban J connectivity index is 1.46. The van der Waals surface area contributed by atoms with Gasteiger partial charge in [-0.05, 0) is 57.0 Å². The summed E-state index contributed by atoms with van der Waals surface area (Å²) in [5.41, 5.74) is 5.79. The molecule has 0 spiro atoms. The fourth-order valence-corrected chi connectivity index (χ4v) is 4.33. The Hall–Kier alpha value is -2.28. The maximum atomic E-state index is 12.9. The van der Waals surface area contributed by atoms with Gasteiger partial charge in [0.25, 0.3) is 5.91 Å². The molecule has 7 nitrogen and oxygen atoms in total. The number of primary amides is 1. The zero-order valence-corrected chi connectivity index (χ0v) is 14.9. The van der Waals surface area contributed by atoms with Crippen LogP contribution in [0.2, 0.25) is 0 Å². The van der Waals surface area contributed by atoms with Crippen LogP contribution in [0, 0.1) is 0 Å². The molecule has 0 aromatic heterocycles. The van der Waals surface area contributed by atoms with E-state index in [1.54, 1.807) is 18.2 Å². The monoisotopic (exact) mass is 359 g/mol. The van der Waals surface area contributed by atoms with E-state index >= 15 is 0 Å². The van der Waals surface area contributed by atoms with Gasteiger partial charge in [0.05, 0.1) is 0 Å². The standard InChI is InChI=1S/C19H25N3O4/c20-18(24)19(22-8-2-1-3-9-22)6-10-21(11-7-19)17(23)14-4-5-15-16(12-14)26-13-25-15/h4-5,12H,1-3,6-11,13H2,(H2,20,24). The number of hydrogen-bond acceptors (Lipinski definition) is 5. The van der Waals surface area contributed by atoms with Crippen molar-refractivity contribution in [2.24, 2.45) is 5.73 Å². The molecule has 3 aliphatic rings. The number of nitrogens with zero attached hydrogens (tertiary/aromatic N) is 2. The van der Waals surface area contributed by atoms with E-state index in [4.69, 9.17) is 15.2 Å². The number of rotatable bonds is 3. The maximum Gasteiger partial charge on any atom is 0.253 e. The second-order valence-electron chi connectivity index (χ2n) is 7.30. The molecular weight excluding hydrogens is 334 g/mol. The smallest absolute Gasteiger partial charge is 0.253 e. The molecule has 2 fully saturated rings. The van der Waals surface area contributed by atoms with Crippen molar-refractivity contribution in [1.29, 1.82) is 0 Å². The second kappa shape index (κ2) is 6.79. The average Bonchev–Trinajstić information content (AvgIpc) is 3.16. The number of amides is 2. The lowest BCUT2D eigenvalue weighted by Crippen LogP contribution is -2.63. The van der Waals surface area contributed by atoms with Gasteiger partial charge in [-0.15, -0.1) is 0 Å². The van der Waals surface area contributed by atoms with Crippen LogP contribution >= 0.6 is 0 Å². The van der Waals surface area contributed by atoms with Crippen LogP contribution < -0.4 is 15.2 Å². The van der Waals surface area contributed by atoms with Crippen LogP contribution in [0.4, 0.5) is 0 Å². The van der Waals surface area contributed by atoms with E-state index < -0.39 is 5.54 Å². The van der Waals surface area contributed by atoms with Gasteiger partial charge in [0.15, 0.2) is 11.5 Å². The van der Waals surface area contributed by atoms with Gasteiger partial charge in [0.1, 0.15) is 5.54 Å². The predicted octanol–water partition coefficient (Wildman–Crippen LogP) is 1.36. The van der Waals surface area contributed by atoms with E-state index in [-0.39, 0.29) is 18.6 Å². The van der Waals surface area contributed by atoms with Crippen molar-refractivity contribution in [2.45, 2.75) is 37.6 Å². The molecule has 7 heteroatoms. The third-order valence-electron chi connectivity index (χ3n) is 5.92. The molecular formula is C19H25N3O4. The van der Waals surface area contributed by atoms with Crippen molar-refractivity contribution in [2.75, 3.05) is 33.0 Å². The summed E-state index contributed by atoms with van der Waals surface area (Å²) < 4.78 is 10.7. The molecule has 0 aliphatic carbocycles. The number of likely N-dealkylation sites (tertiary alicyclic amines) is 2. The molecule has 3 aliphatic heterocycles. The summed E-state index contributed by atoms with van der Waals surface area (Å²) in [6, 6.07) is 5.25. The van der Waals surface area contributed by atoms with E-state index in [0.29, 0.717) is 43.0 Å². The Morgan fingerprint density at radius 3 is 2.35 bits per heavy atom. The molecule has 1 aromatic rings. The van der Waals surface area contributed by atoms with Crippen molar-refractivity contribution >= 4 is 11.8 Å². The highest BCUT2D eigenvalue weighted by Gasteiger charge is 2.45. The molecule has 2 saturated heterocycles. The minimum Gasteiger partial charge on any atom is -0.454 e. The molecule has 3 heterocycles. The number of ether oxygens (including phenoxy) is 2. The molecule has 2 N–H and O–H groups in total. The molecule has 26 heavy (non-hydrogen) atoms. The Kier molecular flexibility index (Phi) is 4.48. The zero-order chi connectivity index (χ0) is 18.1. The quantitative estimate of drug-likeness (QED) is 0.881. The Morgan fingerprint density at radius 2 is 1.65 bits per heavy atom. The lowest BCUT2D eigenvalue weighted by molar-refractivity contribution is -0.134. The summed E-state index contributed by atoms with van der Waals surface area (Å²) in [6.45, 7) is 3.09. The SMILES string of the molecule is NC(=O)C1(N2CCCCC2)CCN(C(=O)c2ccc3c(c2)OCO3)CC1. The Labute approximate surface area is 153 Å². The summed E-state index contributed by atoms with van der Waals surface area (Å²) in [5.74, 6) is 0.972. The maximum absolute atomic E-state index is 12.9. The van der Waals surface area contributed by atoms with Crippen LogP contribution in [0.25, 0.3) is 0 Å². The van der Waals surface area contributed by atoms with Gasteiger partial charge in [-0.1, -0.05) is 6.42 Å². The first-order valence-electron chi connectivity index (χ1n) is 9.34. The molecule has 0 saturated carbocycles. The lowest BCUT2D eigenvalue weighted by atomic mass is 9.83. The first-order chi connectivity index (χ1) is 12.6. The highest BCUT2D eigenvalue weighted by Crippen LogP contribution is 2.35. The number of carbonyl (C=O) groups excluding carboxylic acids is 2. The first kappa shape index (κ1) is 17.1. The van der Waals surface area contributed by atoms with Gasteiger partial charge >= 0.3 is 0 Å². The summed E-state index contributed by atoms with van der Waals surface area (Å²) >= 11 is 0. The van der Waals surface area contributed by atoms with E-state index in [1.807, 2.05) is 4.90 Å². The van der Waals surface area contributed by atoms with Crippen LogP contribution in [-0.4, -0.2) is 60.1 Å². The van der Waals surface area contributed by atoms with Crippen molar-refractivity contribution in [3.8, 4) is 11.5 Å². The molecule has 0 atom stereocenters. The fourth-order valence-electron chi connectivity index (χ4n) is 4.33. The van der Waals surface area contributed by atoms with Crippen molar-refractivity contribution in [3.63, 3.8) is 0 Å². The summed E-state index contributed by atoms with van der Waals surface area (Å²) in [7, 11) is 0. The molecule has 0 bridgehead atoms. The fraction of sp³-hybridized carbons (Fsp3) is 0.579. The largest absolute Gasteiger partial charge is 0.454 e. The average molecular weight is 359 g/mol. The first-order valence-corrected chi connectivity index (χ1v) is 9.34. The third kappa shape index (κ3) is 2.90. The van der Waals surface area contributed by atoms with E-state index in [2.05, 4.69) is 4.90 Å². The molecule has 1 aromatic carbocycles. The number of carbonyl (C=O) groups is 2. The second-order valence-corrected chi connectivity index (χ2v) is 7.30. The molecule has 0 unspecified atom stereocenters. The Bertz CT molecular complexity index is 707. The third-order valence-corrected chi connectivity index (χ3v) is 5.92. The number of piperidine rings is 2. The van der Waals surface area contributed by atoms with E-state index in [0.717, 1.165) is 25.9 Å². The van der Waals surface area contributed by atoms with E-state index in [9.17, 15) is 9.59 Å². The normalized spacial score (nSPS) is 22.2. The molecule has 2 amide bonds. The number of benzene rings is 1. The van der Waals surface area contributed by atoms with Crippen molar-refractivity contribution < 1.29 is 19.1 Å². The predicted molar refractivity (Wildman–Crippen MR) is 95.1 cm³/mol. The Morgan fingerprint density at radius 1 is 0.962 bits per heavy atom. The van der Waals surface area contributed by atoms with E-state index in [1.165, 1.54) is 6.42 Å². The highest BCUT2D eigenvalue weighted by molar-refractivity contribution is 5.95. The van der Waals surface area contributed by atoms with Crippen LogP contribution in [0.15, 0.2) is 18.2 Å². The van der Waals surface area contributed by atoms with Crippen molar-refractivity contribution in [3.05, 3.63) is 23.8 Å². The van der Waals surface area contributed by atoms with Gasteiger partial charge in [-0.25, -0.2) is 0 Å². The zero-order valence-electron chi connectivity index (χ0n) is 14.9. The van der Waals surface area contributed by atoms with Crippen LogP contribution in [-0.2, 0) is 4.79 Å². The minimum atomic E-state index is -0.605. The lowest BCUT2D eigenvalue weighted by Gasteiger charge is -2.48. The van der Waals surface area contributed by atoms with Crippen LogP contribution in [0.5, 0.6) is 11.5 Å². The summed E-state index contributed by atoms with van der Waals surface area (Å²) in [4.78, 5) is 29.2. The van der Waals surface area contributed by atoms with Crippen LogP contribution in [0.1, 0.15) is 42.5 Å². The highest BCUT2D eigenvalue weighted by atomic mass is 16.7. The molecule has 4 rings (SSSR count). The summed E-state index contributed by atoms with van der Waals surface area (Å²) in [6.07, 6.45) is 4.61. The number of nitrogens with two attached hydrogens (primary N) is 1. The number of fused-ring (bicyclic) bond motifs is 1. The summed E-state index contributed by atoms with van der Waals surface area (Å²) in [5, 5.41) is 0. The number of hydrogen-bond donors (Lipinski definition) is 1. The van der Waals surface area contributed by atoms with Gasteiger partial charge in [-0.3, -0.25) is 14.5 Å². The van der Waals surface area contributed by atoms with Crippen molar-refractivity contribution in [1.82, 2.24) is 9.80 Å². The van der Waals surface area contributed by atoms with Gasteiger partial charge in [-0.2, -0.15) is 0 Å². The topological polar surface area (TPSA) is 85.1 Å². The van der Waals surface area contributed by atoms with Gasteiger partial charge in [0.2, 0.25) is 12.7 Å². The minimum absolute atomic E-state index is 0.0417. The molecule has 140 valence electrons. The van der Waals surface area contributed by atoms with Crippen LogP contribution in [0.3, 0.4) is 0 Å².